The maximum Gasteiger partial charge on any atom is 0.416 e. The van der Waals surface area contributed by atoms with Crippen LogP contribution in [-0.2, 0) is 19.3 Å². The van der Waals surface area contributed by atoms with Gasteiger partial charge in [0.05, 0.1) is 24.3 Å². The molecule has 0 saturated carbocycles. The number of aryl methyl sites for hydroxylation is 1. The van der Waals surface area contributed by atoms with Crippen molar-refractivity contribution in [3.8, 4) is 0 Å². The van der Waals surface area contributed by atoms with Crippen LogP contribution in [0.1, 0.15) is 30.2 Å². The fraction of sp³-hybridized carbons (Fsp3) is 0.300. The van der Waals surface area contributed by atoms with Gasteiger partial charge < -0.3 is 20.3 Å². The summed E-state index contributed by atoms with van der Waals surface area (Å²) in [4.78, 5) is 23.2. The number of hydrogen-bond donors (Lipinski definition) is 3. The van der Waals surface area contributed by atoms with Gasteiger partial charge in [0, 0.05) is 31.7 Å². The quantitative estimate of drug-likeness (QED) is 0.288. The Balaban J connectivity index is 1.79. The average molecular weight is 433 g/mol. The van der Waals surface area contributed by atoms with E-state index in [-0.39, 0.29) is 23.6 Å². The second kappa shape index (κ2) is 9.45. The molecule has 0 aliphatic rings. The average Bonchev–Trinajstić information content (AvgIpc) is 3.34. The van der Waals surface area contributed by atoms with E-state index in [0.717, 1.165) is 29.8 Å². The van der Waals surface area contributed by atoms with Crippen molar-refractivity contribution in [3.63, 3.8) is 0 Å². The highest BCUT2D eigenvalue weighted by molar-refractivity contribution is 5.96. The molecule has 1 aromatic carbocycles. The van der Waals surface area contributed by atoms with Crippen LogP contribution < -0.4 is 11.0 Å². The van der Waals surface area contributed by atoms with Gasteiger partial charge in [0.25, 0.3) is 0 Å². The summed E-state index contributed by atoms with van der Waals surface area (Å²) in [5, 5.41) is 10.5. The van der Waals surface area contributed by atoms with Crippen molar-refractivity contribution >= 4 is 17.9 Å². The first-order chi connectivity index (χ1) is 14.8. The number of H-pyrrole nitrogens is 1. The highest BCUT2D eigenvalue weighted by atomic mass is 19.4. The number of rotatable bonds is 8. The Bertz CT molecular complexity index is 1110. The molecule has 2 heterocycles. The molecule has 0 amide bonds. The van der Waals surface area contributed by atoms with E-state index in [1.807, 2.05) is 10.8 Å². The van der Waals surface area contributed by atoms with Crippen LogP contribution in [0.15, 0.2) is 52.8 Å². The zero-order valence-corrected chi connectivity index (χ0v) is 16.8. The van der Waals surface area contributed by atoms with Gasteiger partial charge >= 0.3 is 11.9 Å². The van der Waals surface area contributed by atoms with Crippen molar-refractivity contribution < 1.29 is 13.2 Å². The molecule has 31 heavy (non-hydrogen) atoms. The third-order valence-corrected chi connectivity index (χ3v) is 4.59. The van der Waals surface area contributed by atoms with E-state index in [2.05, 4.69) is 20.3 Å². The first-order valence-corrected chi connectivity index (χ1v) is 9.51. The molecule has 0 aliphatic carbocycles. The minimum atomic E-state index is -4.54. The number of amidine groups is 1. The fourth-order valence-electron chi connectivity index (χ4n) is 3.11. The minimum absolute atomic E-state index is 0.0504. The number of nitrogens with zero attached hydrogens (tertiary/aromatic N) is 4. The van der Waals surface area contributed by atoms with Crippen molar-refractivity contribution in [3.05, 3.63) is 70.3 Å². The maximum atomic E-state index is 13.3. The number of imidazole rings is 2. The number of nitrogens with one attached hydrogen (secondary N) is 3. The lowest BCUT2D eigenvalue weighted by molar-refractivity contribution is -0.138. The molecule has 0 fully saturated rings. The fourth-order valence-corrected chi connectivity index (χ4v) is 3.11. The molecule has 0 spiro atoms. The van der Waals surface area contributed by atoms with E-state index in [1.54, 1.807) is 19.4 Å². The number of benzene rings is 1. The van der Waals surface area contributed by atoms with Gasteiger partial charge in [-0.25, -0.2) is 9.78 Å². The van der Waals surface area contributed by atoms with Crippen LogP contribution in [0.5, 0.6) is 0 Å². The Morgan fingerprint density at radius 2 is 2.13 bits per heavy atom. The van der Waals surface area contributed by atoms with Gasteiger partial charge in [-0.2, -0.15) is 13.2 Å². The van der Waals surface area contributed by atoms with Gasteiger partial charge in [0.15, 0.2) is 0 Å². The number of aliphatic imine (C=N–C) groups is 1. The van der Waals surface area contributed by atoms with E-state index in [0.29, 0.717) is 12.4 Å². The summed E-state index contributed by atoms with van der Waals surface area (Å²) in [6.07, 6.45) is 2.40. The first kappa shape index (κ1) is 22.1. The molecular formula is C20H22F3N7O. The van der Waals surface area contributed by atoms with Gasteiger partial charge in [0.2, 0.25) is 0 Å². The molecule has 11 heteroatoms. The van der Waals surface area contributed by atoms with E-state index in [9.17, 15) is 18.0 Å². The number of anilines is 1. The number of alkyl halides is 3. The number of hydrogen-bond acceptors (Lipinski definition) is 4. The Labute approximate surface area is 176 Å². The summed E-state index contributed by atoms with van der Waals surface area (Å²) in [5.41, 5.74) is -1.32. The molecule has 164 valence electrons. The van der Waals surface area contributed by atoms with Crippen LogP contribution in [0.4, 0.5) is 19.0 Å². The van der Waals surface area contributed by atoms with Crippen molar-refractivity contribution in [2.24, 2.45) is 4.99 Å². The summed E-state index contributed by atoms with van der Waals surface area (Å²) in [6, 6.07) is 5.09. The monoisotopic (exact) mass is 433 g/mol. The maximum absolute atomic E-state index is 13.3. The van der Waals surface area contributed by atoms with E-state index < -0.39 is 17.4 Å². The summed E-state index contributed by atoms with van der Waals surface area (Å²) < 4.78 is 43.1. The zero-order valence-electron chi connectivity index (χ0n) is 16.8. The molecule has 3 aromatic rings. The summed E-state index contributed by atoms with van der Waals surface area (Å²) in [5.74, 6) is 0.665. The van der Waals surface area contributed by atoms with Gasteiger partial charge in [-0.1, -0.05) is 18.2 Å². The molecule has 0 saturated heterocycles. The van der Waals surface area contributed by atoms with Crippen LogP contribution >= 0.6 is 0 Å². The summed E-state index contributed by atoms with van der Waals surface area (Å²) in [7, 11) is 0. The number of halogens is 3. The Morgan fingerprint density at radius 1 is 1.35 bits per heavy atom. The molecule has 0 bridgehead atoms. The highest BCUT2D eigenvalue weighted by Gasteiger charge is 2.33. The van der Waals surface area contributed by atoms with E-state index in [1.165, 1.54) is 18.2 Å². The molecular weight excluding hydrogens is 411 g/mol. The first-order valence-electron chi connectivity index (χ1n) is 9.51. The lowest BCUT2D eigenvalue weighted by atomic mass is 10.1. The van der Waals surface area contributed by atoms with Gasteiger partial charge in [0.1, 0.15) is 11.5 Å². The SMILES string of the molecule is CC(=NCCCn1ccnc1)Nc1c(C=N)[nH]c(=O)n1Cc1ccccc1C(F)(F)F. The van der Waals surface area contributed by atoms with Gasteiger partial charge in [-0.15, -0.1) is 0 Å². The van der Waals surface area contributed by atoms with Crippen molar-refractivity contribution in [1.82, 2.24) is 19.1 Å². The van der Waals surface area contributed by atoms with Crippen molar-refractivity contribution in [2.45, 2.75) is 32.6 Å². The van der Waals surface area contributed by atoms with Crippen molar-refractivity contribution in [1.29, 1.82) is 5.41 Å². The summed E-state index contributed by atoms with van der Waals surface area (Å²) >= 11 is 0. The molecule has 0 aliphatic heterocycles. The smallest absolute Gasteiger partial charge is 0.337 e. The predicted octanol–water partition coefficient (Wildman–Crippen LogP) is 3.36. The largest absolute Gasteiger partial charge is 0.416 e. The number of aromatic nitrogens is 4. The minimum Gasteiger partial charge on any atom is -0.337 e. The van der Waals surface area contributed by atoms with Crippen LogP contribution in [0.2, 0.25) is 0 Å². The summed E-state index contributed by atoms with van der Waals surface area (Å²) in [6.45, 7) is 2.62. The number of aromatic amines is 1. The molecule has 2 aromatic heterocycles. The lowest BCUT2D eigenvalue weighted by Gasteiger charge is -2.15. The highest BCUT2D eigenvalue weighted by Crippen LogP contribution is 2.32. The molecule has 3 N–H and O–H groups in total. The molecule has 3 rings (SSSR count). The van der Waals surface area contributed by atoms with Crippen LogP contribution in [0, 0.1) is 5.41 Å². The Hall–Kier alpha value is -3.63. The van der Waals surface area contributed by atoms with Crippen LogP contribution in [0.25, 0.3) is 0 Å². The lowest BCUT2D eigenvalue weighted by Crippen LogP contribution is -2.23. The third kappa shape index (κ3) is 5.50. The Kier molecular flexibility index (Phi) is 6.73. The molecule has 0 radical (unpaired) electrons. The van der Waals surface area contributed by atoms with E-state index >= 15 is 0 Å². The van der Waals surface area contributed by atoms with Gasteiger partial charge in [-0.05, 0) is 25.0 Å². The third-order valence-electron chi connectivity index (χ3n) is 4.59. The van der Waals surface area contributed by atoms with Crippen LogP contribution in [-0.4, -0.2) is 37.7 Å². The predicted molar refractivity (Wildman–Crippen MR) is 112 cm³/mol. The van der Waals surface area contributed by atoms with Crippen LogP contribution in [0.3, 0.4) is 0 Å². The molecule has 0 atom stereocenters. The van der Waals surface area contributed by atoms with Crippen molar-refractivity contribution in [2.75, 3.05) is 11.9 Å². The standard InChI is InChI=1S/C20H22F3N7O/c1-14(26-7-4-9-29-10-8-25-13-29)27-18-17(11-24)28-19(31)30(18)12-15-5-2-3-6-16(15)20(21,22)23/h2-3,5-6,8,10-11,13,24H,4,7,9,12H2,1H3,(H,26,27)(H,28,31). The molecule has 8 nitrogen and oxygen atoms in total. The molecule has 0 unspecified atom stereocenters. The van der Waals surface area contributed by atoms with Gasteiger partial charge in [-0.3, -0.25) is 9.56 Å². The second-order valence-electron chi connectivity index (χ2n) is 6.82. The Morgan fingerprint density at radius 3 is 2.81 bits per heavy atom. The van der Waals surface area contributed by atoms with E-state index in [4.69, 9.17) is 5.41 Å². The normalized spacial score (nSPS) is 12.2. The zero-order chi connectivity index (χ0) is 22.4. The topological polar surface area (TPSA) is 104 Å². The second-order valence-corrected chi connectivity index (χ2v) is 6.82.